The van der Waals surface area contributed by atoms with Crippen LogP contribution < -0.4 is 4.90 Å². The summed E-state index contributed by atoms with van der Waals surface area (Å²) in [6.07, 6.45) is 3.51. The van der Waals surface area contributed by atoms with Crippen LogP contribution in [0.3, 0.4) is 0 Å². The van der Waals surface area contributed by atoms with Gasteiger partial charge in [-0.1, -0.05) is 12.5 Å². The van der Waals surface area contributed by atoms with Gasteiger partial charge in [-0.05, 0) is 37.5 Å². The van der Waals surface area contributed by atoms with E-state index in [1.54, 1.807) is 23.1 Å². The Morgan fingerprint density at radius 3 is 2.78 bits per heavy atom. The fraction of sp³-hybridized carbons (Fsp3) is 0.429. The Morgan fingerprint density at radius 2 is 2.06 bits per heavy atom. The maximum atomic E-state index is 12.0. The van der Waals surface area contributed by atoms with Crippen LogP contribution in [0, 0.1) is 6.92 Å². The van der Waals surface area contributed by atoms with Crippen LogP contribution in [-0.2, 0) is 4.79 Å². The minimum absolute atomic E-state index is 0.0955. The minimum atomic E-state index is -0.960. The molecule has 0 spiro atoms. The van der Waals surface area contributed by atoms with E-state index in [0.717, 1.165) is 30.5 Å². The Morgan fingerprint density at radius 1 is 1.28 bits per heavy atom. The van der Waals surface area contributed by atoms with Crippen molar-refractivity contribution < 1.29 is 14.7 Å². The molecule has 1 aliphatic rings. The van der Waals surface area contributed by atoms with Crippen LogP contribution in [-0.4, -0.2) is 23.5 Å². The maximum absolute atomic E-state index is 12.0. The predicted octanol–water partition coefficient (Wildman–Crippen LogP) is 2.60. The highest BCUT2D eigenvalue weighted by molar-refractivity contribution is 5.96. The molecule has 1 aromatic rings. The summed E-state index contributed by atoms with van der Waals surface area (Å²) in [5, 5.41) is 9.02. The van der Waals surface area contributed by atoms with E-state index in [1.807, 2.05) is 6.92 Å². The second-order valence-electron chi connectivity index (χ2n) is 4.66. The van der Waals surface area contributed by atoms with Gasteiger partial charge < -0.3 is 10.0 Å². The Hall–Kier alpha value is -1.84. The number of carboxylic acids is 1. The van der Waals surface area contributed by atoms with Crippen LogP contribution in [0.5, 0.6) is 0 Å². The molecule has 1 amide bonds. The van der Waals surface area contributed by atoms with Crippen molar-refractivity contribution in [3.63, 3.8) is 0 Å². The quantitative estimate of drug-likeness (QED) is 0.873. The van der Waals surface area contributed by atoms with Crippen LogP contribution in [0.4, 0.5) is 5.69 Å². The molecule has 2 rings (SSSR count). The third-order valence-electron chi connectivity index (χ3n) is 3.32. The molecule has 4 nitrogen and oxygen atoms in total. The number of rotatable bonds is 2. The van der Waals surface area contributed by atoms with Crippen molar-refractivity contribution in [3.05, 3.63) is 29.3 Å². The van der Waals surface area contributed by atoms with Gasteiger partial charge in [0.05, 0.1) is 5.56 Å². The molecule has 0 radical (unpaired) electrons. The molecule has 0 bridgehead atoms. The number of nitrogens with zero attached hydrogens (tertiary/aromatic N) is 1. The molecule has 0 aromatic heterocycles. The van der Waals surface area contributed by atoms with E-state index in [9.17, 15) is 9.59 Å². The fourth-order valence-electron chi connectivity index (χ4n) is 2.27. The number of benzene rings is 1. The van der Waals surface area contributed by atoms with Gasteiger partial charge in [0.1, 0.15) is 0 Å². The standard InChI is InChI=1S/C14H17NO3/c1-10-6-7-11(14(17)18)9-12(10)15-8-4-2-3-5-13(15)16/h6-7,9H,2-5,8H2,1H3,(H,17,18). The highest BCUT2D eigenvalue weighted by Gasteiger charge is 2.20. The molecular formula is C14H17NO3. The number of anilines is 1. The molecule has 1 heterocycles. The van der Waals surface area contributed by atoms with Crippen LogP contribution in [0.1, 0.15) is 41.6 Å². The zero-order valence-corrected chi connectivity index (χ0v) is 10.5. The summed E-state index contributed by atoms with van der Waals surface area (Å²) in [5.74, 6) is -0.864. The second-order valence-corrected chi connectivity index (χ2v) is 4.66. The lowest BCUT2D eigenvalue weighted by Crippen LogP contribution is -2.30. The summed E-state index contributed by atoms with van der Waals surface area (Å²) in [7, 11) is 0. The van der Waals surface area contributed by atoms with Gasteiger partial charge in [-0.15, -0.1) is 0 Å². The van der Waals surface area contributed by atoms with Crippen LogP contribution >= 0.6 is 0 Å². The van der Waals surface area contributed by atoms with Gasteiger partial charge >= 0.3 is 5.97 Å². The first-order valence-electron chi connectivity index (χ1n) is 6.24. The zero-order chi connectivity index (χ0) is 13.1. The summed E-state index contributed by atoms with van der Waals surface area (Å²) in [5.41, 5.74) is 1.91. The van der Waals surface area contributed by atoms with Crippen molar-refractivity contribution in [1.82, 2.24) is 0 Å². The summed E-state index contributed by atoms with van der Waals surface area (Å²) in [6, 6.07) is 4.93. The van der Waals surface area contributed by atoms with Gasteiger partial charge in [0, 0.05) is 18.7 Å². The summed E-state index contributed by atoms with van der Waals surface area (Å²) >= 11 is 0. The topological polar surface area (TPSA) is 57.6 Å². The van der Waals surface area contributed by atoms with Crippen molar-refractivity contribution in [1.29, 1.82) is 0 Å². The third kappa shape index (κ3) is 2.53. The SMILES string of the molecule is Cc1ccc(C(=O)O)cc1N1CCCCCC1=O. The van der Waals surface area contributed by atoms with E-state index in [-0.39, 0.29) is 11.5 Å². The first-order valence-corrected chi connectivity index (χ1v) is 6.24. The number of aryl methyl sites for hydroxylation is 1. The lowest BCUT2D eigenvalue weighted by Gasteiger charge is -2.23. The average Bonchev–Trinajstić information content (AvgIpc) is 2.54. The first kappa shape index (κ1) is 12.6. The van der Waals surface area contributed by atoms with E-state index >= 15 is 0 Å². The Balaban J connectivity index is 2.38. The Labute approximate surface area is 106 Å². The average molecular weight is 247 g/mol. The minimum Gasteiger partial charge on any atom is -0.478 e. The molecule has 0 aliphatic carbocycles. The molecule has 1 N–H and O–H groups in total. The van der Waals surface area contributed by atoms with Gasteiger partial charge in [-0.25, -0.2) is 4.79 Å². The second kappa shape index (κ2) is 5.21. The predicted molar refractivity (Wildman–Crippen MR) is 69.0 cm³/mol. The monoisotopic (exact) mass is 247 g/mol. The van der Waals surface area contributed by atoms with Gasteiger partial charge in [0.15, 0.2) is 0 Å². The van der Waals surface area contributed by atoms with E-state index in [1.165, 1.54) is 0 Å². The summed E-state index contributed by atoms with van der Waals surface area (Å²) < 4.78 is 0. The Bertz CT molecular complexity index is 482. The maximum Gasteiger partial charge on any atom is 0.335 e. The highest BCUT2D eigenvalue weighted by Crippen LogP contribution is 2.25. The van der Waals surface area contributed by atoms with Crippen LogP contribution in [0.25, 0.3) is 0 Å². The van der Waals surface area contributed by atoms with Gasteiger partial charge in [-0.3, -0.25) is 4.79 Å². The van der Waals surface area contributed by atoms with E-state index in [0.29, 0.717) is 13.0 Å². The molecular weight excluding hydrogens is 230 g/mol. The van der Waals surface area contributed by atoms with Gasteiger partial charge in [0.25, 0.3) is 0 Å². The van der Waals surface area contributed by atoms with Crippen molar-refractivity contribution in [2.45, 2.75) is 32.6 Å². The normalized spacial score (nSPS) is 16.5. The molecule has 18 heavy (non-hydrogen) atoms. The molecule has 0 atom stereocenters. The van der Waals surface area contributed by atoms with Crippen LogP contribution in [0.2, 0.25) is 0 Å². The van der Waals surface area contributed by atoms with E-state index in [2.05, 4.69) is 0 Å². The highest BCUT2D eigenvalue weighted by atomic mass is 16.4. The molecule has 1 saturated heterocycles. The van der Waals surface area contributed by atoms with E-state index in [4.69, 9.17) is 5.11 Å². The lowest BCUT2D eigenvalue weighted by atomic mass is 10.1. The smallest absolute Gasteiger partial charge is 0.335 e. The molecule has 0 unspecified atom stereocenters. The largest absolute Gasteiger partial charge is 0.478 e. The Kier molecular flexibility index (Phi) is 3.65. The lowest BCUT2D eigenvalue weighted by molar-refractivity contribution is -0.118. The van der Waals surface area contributed by atoms with Crippen molar-refractivity contribution >= 4 is 17.6 Å². The van der Waals surface area contributed by atoms with Gasteiger partial charge in [-0.2, -0.15) is 0 Å². The van der Waals surface area contributed by atoms with E-state index < -0.39 is 5.97 Å². The molecule has 0 saturated carbocycles. The molecule has 4 heteroatoms. The number of hydrogen-bond acceptors (Lipinski definition) is 2. The van der Waals surface area contributed by atoms with Crippen LogP contribution in [0.15, 0.2) is 18.2 Å². The first-order chi connectivity index (χ1) is 8.59. The summed E-state index contributed by atoms with van der Waals surface area (Å²) in [4.78, 5) is 24.8. The fourth-order valence-corrected chi connectivity index (χ4v) is 2.27. The van der Waals surface area contributed by atoms with Crippen molar-refractivity contribution in [2.75, 3.05) is 11.4 Å². The molecule has 1 aromatic carbocycles. The summed E-state index contributed by atoms with van der Waals surface area (Å²) in [6.45, 7) is 2.59. The molecule has 1 aliphatic heterocycles. The van der Waals surface area contributed by atoms with Gasteiger partial charge in [0.2, 0.25) is 5.91 Å². The van der Waals surface area contributed by atoms with Crippen molar-refractivity contribution in [2.24, 2.45) is 0 Å². The number of hydrogen-bond donors (Lipinski definition) is 1. The molecule has 1 fully saturated rings. The number of amides is 1. The number of aromatic carboxylic acids is 1. The molecule has 96 valence electrons. The van der Waals surface area contributed by atoms with Crippen molar-refractivity contribution in [3.8, 4) is 0 Å². The number of carboxylic acid groups (broad SMARTS) is 1. The number of carbonyl (C=O) groups is 2. The third-order valence-corrected chi connectivity index (χ3v) is 3.32. The zero-order valence-electron chi connectivity index (χ0n) is 10.5. The number of carbonyl (C=O) groups excluding carboxylic acids is 1.